The van der Waals surface area contributed by atoms with Crippen LogP contribution in [0, 0.1) is 0 Å². The molecule has 18 heteroatoms. The highest BCUT2D eigenvalue weighted by molar-refractivity contribution is 7.13. The van der Waals surface area contributed by atoms with Gasteiger partial charge < -0.3 is 34.6 Å². The second-order valence-corrected chi connectivity index (χ2v) is 18.7. The first-order valence-electron chi connectivity index (χ1n) is 16.5. The van der Waals surface area contributed by atoms with Crippen LogP contribution in [0.1, 0.15) is 69.4 Å². The van der Waals surface area contributed by atoms with Crippen molar-refractivity contribution in [1.29, 1.82) is 0 Å². The molecule has 2 atom stereocenters. The molecule has 16 nitrogen and oxygen atoms in total. The second kappa shape index (κ2) is 21.0. The maximum absolute atomic E-state index is 13.4. The molecule has 0 unspecified atom stereocenters. The monoisotopic (exact) mass is 747 g/mol. The molecule has 0 aliphatic heterocycles. The third kappa shape index (κ3) is 15.1. The molecule has 0 aliphatic carbocycles. The standard InChI is InChI=1S/C33H49N7O9SSi/c1-22(41)48-19-26(31(44)46-5)38-28(42)25(20-49-51(6,7)33(2,3)4)37-29(43)27-21-50-30(39-27)24-14-12-23(13-15-24)18-35-32(45)47-17-11-9-8-10-16-36-40-34/h12-15,21,25-26H,8-11,16-20H2,1-7H3,(H,35,45)(H,37,43)(H,38,42)/t25-,26-/m0/s1. The number of methoxy groups -OCH3 is 1. The summed E-state index contributed by atoms with van der Waals surface area (Å²) >= 11 is 1.24. The molecule has 0 bridgehead atoms. The summed E-state index contributed by atoms with van der Waals surface area (Å²) < 4.78 is 21.1. The average molecular weight is 748 g/mol. The Morgan fingerprint density at radius 1 is 0.980 bits per heavy atom. The van der Waals surface area contributed by atoms with Crippen LogP contribution in [-0.4, -0.2) is 88.7 Å². The molecule has 3 amide bonds. The van der Waals surface area contributed by atoms with Crippen LogP contribution in [-0.2, 0) is 39.6 Å². The van der Waals surface area contributed by atoms with Crippen LogP contribution in [0.25, 0.3) is 21.0 Å². The van der Waals surface area contributed by atoms with Gasteiger partial charge >= 0.3 is 18.0 Å². The van der Waals surface area contributed by atoms with Crippen LogP contribution in [0.4, 0.5) is 4.79 Å². The number of alkyl carbamates (subject to hydrolysis) is 1. The van der Waals surface area contributed by atoms with Gasteiger partial charge in [-0.1, -0.05) is 63.0 Å². The topological polar surface area (TPSA) is 220 Å². The molecule has 0 radical (unpaired) electrons. The fourth-order valence-corrected chi connectivity index (χ4v) is 5.88. The molecule has 51 heavy (non-hydrogen) atoms. The number of nitrogens with zero attached hydrogens (tertiary/aromatic N) is 4. The number of amides is 3. The normalized spacial score (nSPS) is 12.5. The minimum absolute atomic E-state index is 0.0775. The molecule has 0 aliphatic rings. The second-order valence-electron chi connectivity index (χ2n) is 13.1. The molecule has 1 aromatic heterocycles. The van der Waals surface area contributed by atoms with Crippen molar-refractivity contribution in [3.8, 4) is 10.6 Å². The van der Waals surface area contributed by atoms with E-state index >= 15 is 0 Å². The predicted octanol–water partition coefficient (Wildman–Crippen LogP) is 5.25. The van der Waals surface area contributed by atoms with Gasteiger partial charge in [0.2, 0.25) is 5.91 Å². The lowest BCUT2D eigenvalue weighted by Gasteiger charge is -2.37. The Hall–Kier alpha value is -4.51. The number of azide groups is 1. The molecule has 2 rings (SSSR count). The summed E-state index contributed by atoms with van der Waals surface area (Å²) in [6.45, 7) is 11.7. The lowest BCUT2D eigenvalue weighted by Crippen LogP contribution is -2.56. The van der Waals surface area contributed by atoms with Crippen molar-refractivity contribution in [3.05, 3.63) is 51.3 Å². The molecule has 280 valence electrons. The number of aromatic nitrogens is 1. The first-order chi connectivity index (χ1) is 24.1. The van der Waals surface area contributed by atoms with Crippen molar-refractivity contribution >= 4 is 49.5 Å². The van der Waals surface area contributed by atoms with Gasteiger partial charge in [0.05, 0.1) is 20.3 Å². The predicted molar refractivity (Wildman–Crippen MR) is 193 cm³/mol. The van der Waals surface area contributed by atoms with Gasteiger partial charge in [-0.25, -0.2) is 14.6 Å². The van der Waals surface area contributed by atoms with Crippen molar-refractivity contribution in [2.75, 3.05) is 33.5 Å². The number of benzene rings is 1. The lowest BCUT2D eigenvalue weighted by atomic mass is 10.1. The van der Waals surface area contributed by atoms with Crippen LogP contribution < -0.4 is 16.0 Å². The molecule has 1 heterocycles. The molecular weight excluding hydrogens is 699 g/mol. The third-order valence-corrected chi connectivity index (χ3v) is 13.5. The Morgan fingerprint density at radius 3 is 2.29 bits per heavy atom. The number of thiazole rings is 1. The molecule has 0 spiro atoms. The van der Waals surface area contributed by atoms with Gasteiger partial charge in [0.1, 0.15) is 23.4 Å². The zero-order chi connectivity index (χ0) is 38.0. The molecule has 0 saturated heterocycles. The first kappa shape index (κ1) is 42.7. The Kier molecular flexibility index (Phi) is 17.6. The minimum atomic E-state index is -2.36. The number of nitrogens with one attached hydrogen (secondary N) is 3. The van der Waals surface area contributed by atoms with Gasteiger partial charge in [-0.2, -0.15) is 0 Å². The summed E-state index contributed by atoms with van der Waals surface area (Å²) in [6, 6.07) is 4.78. The lowest BCUT2D eigenvalue weighted by molar-refractivity contribution is -0.151. The summed E-state index contributed by atoms with van der Waals surface area (Å²) in [5, 5.41) is 13.3. The van der Waals surface area contributed by atoms with Gasteiger partial charge in [0.25, 0.3) is 5.91 Å². The molecule has 0 saturated carbocycles. The zero-order valence-electron chi connectivity index (χ0n) is 30.3. The smallest absolute Gasteiger partial charge is 0.407 e. The number of esters is 2. The molecule has 0 fully saturated rings. The highest BCUT2D eigenvalue weighted by Crippen LogP contribution is 2.36. The maximum Gasteiger partial charge on any atom is 0.407 e. The van der Waals surface area contributed by atoms with Gasteiger partial charge in [0.15, 0.2) is 14.4 Å². The number of hydrogen-bond acceptors (Lipinski definition) is 12. The first-order valence-corrected chi connectivity index (χ1v) is 20.3. The Bertz CT molecular complexity index is 1520. The van der Waals surface area contributed by atoms with E-state index in [1.165, 1.54) is 18.3 Å². The number of carbonyl (C=O) groups excluding carboxylic acids is 5. The van der Waals surface area contributed by atoms with Gasteiger partial charge in [-0.3, -0.25) is 14.4 Å². The largest absolute Gasteiger partial charge is 0.467 e. The summed E-state index contributed by atoms with van der Waals surface area (Å²) in [5.41, 5.74) is 9.93. The average Bonchev–Trinajstić information content (AvgIpc) is 3.58. The van der Waals surface area contributed by atoms with E-state index in [2.05, 4.69) is 31.0 Å². The van der Waals surface area contributed by atoms with Crippen molar-refractivity contribution in [2.24, 2.45) is 5.11 Å². The number of ether oxygens (including phenoxy) is 3. The van der Waals surface area contributed by atoms with E-state index in [4.69, 9.17) is 24.2 Å². The number of carbonyl (C=O) groups is 5. The van der Waals surface area contributed by atoms with Crippen LogP contribution in [0.2, 0.25) is 18.1 Å². The SMILES string of the molecule is COC(=O)[C@H](COC(C)=O)NC(=O)[C@H](CO[Si](C)(C)C(C)(C)C)NC(=O)c1csc(-c2ccc(CNC(=O)OCCCCCCN=[N+]=[N-])cc2)n1. The number of unbranched alkanes of at least 4 members (excludes halogenated alkanes) is 3. The maximum atomic E-state index is 13.4. The Morgan fingerprint density at radius 2 is 1.67 bits per heavy atom. The summed E-state index contributed by atoms with van der Waals surface area (Å²) in [4.78, 5) is 69.7. The van der Waals surface area contributed by atoms with Gasteiger partial charge in [-0.15, -0.1) is 11.3 Å². The third-order valence-electron chi connectivity index (χ3n) is 8.12. The Labute approximate surface area is 303 Å². The summed E-state index contributed by atoms with van der Waals surface area (Å²) in [6.07, 6.45) is 2.77. The van der Waals surface area contributed by atoms with E-state index in [-0.39, 0.29) is 23.9 Å². The van der Waals surface area contributed by atoms with E-state index < -0.39 is 56.9 Å². The quantitative estimate of drug-likeness (QED) is 0.0304. The van der Waals surface area contributed by atoms with E-state index in [1.54, 1.807) is 5.38 Å². The van der Waals surface area contributed by atoms with Gasteiger partial charge in [0, 0.05) is 35.9 Å². The summed E-state index contributed by atoms with van der Waals surface area (Å²) in [5.74, 6) is -2.83. The van der Waals surface area contributed by atoms with Crippen LogP contribution in [0.5, 0.6) is 0 Å². The molecule has 1 aromatic carbocycles. The van der Waals surface area contributed by atoms with Gasteiger partial charge in [-0.05, 0) is 42.1 Å². The molecule has 3 N–H and O–H groups in total. The van der Waals surface area contributed by atoms with Crippen molar-refractivity contribution in [1.82, 2.24) is 20.9 Å². The minimum Gasteiger partial charge on any atom is -0.467 e. The highest BCUT2D eigenvalue weighted by atomic mass is 32.1. The fourth-order valence-electron chi connectivity index (χ4n) is 4.06. The Balaban J connectivity index is 2.04. The zero-order valence-corrected chi connectivity index (χ0v) is 32.1. The van der Waals surface area contributed by atoms with Crippen LogP contribution in [0.15, 0.2) is 34.8 Å². The molecule has 2 aromatic rings. The number of rotatable bonds is 20. The van der Waals surface area contributed by atoms with E-state index in [0.717, 1.165) is 43.9 Å². The van der Waals surface area contributed by atoms with E-state index in [0.29, 0.717) is 18.2 Å². The van der Waals surface area contributed by atoms with Crippen LogP contribution >= 0.6 is 11.3 Å². The number of hydrogen-bond donors (Lipinski definition) is 3. The summed E-state index contributed by atoms with van der Waals surface area (Å²) in [7, 11) is -1.22. The fraction of sp³-hybridized carbons (Fsp3) is 0.576. The van der Waals surface area contributed by atoms with Crippen molar-refractivity contribution in [3.63, 3.8) is 0 Å². The van der Waals surface area contributed by atoms with Crippen molar-refractivity contribution < 1.29 is 42.6 Å². The van der Waals surface area contributed by atoms with E-state index in [9.17, 15) is 24.0 Å². The van der Waals surface area contributed by atoms with Crippen LogP contribution in [0.3, 0.4) is 0 Å². The van der Waals surface area contributed by atoms with Crippen molar-refractivity contribution in [2.45, 2.75) is 90.1 Å². The highest BCUT2D eigenvalue weighted by Gasteiger charge is 2.39. The molecular formula is C33H49N7O9SSi. The van der Waals surface area contributed by atoms with E-state index in [1.807, 2.05) is 58.1 Å².